The highest BCUT2D eigenvalue weighted by atomic mass is 32.1. The van der Waals surface area contributed by atoms with Crippen LogP contribution in [0.5, 0.6) is 0 Å². The summed E-state index contributed by atoms with van der Waals surface area (Å²) in [4.78, 5) is 6.05. The first kappa shape index (κ1) is 20.0. The second-order valence-corrected chi connectivity index (χ2v) is 7.61. The lowest BCUT2D eigenvalue weighted by Gasteiger charge is -2.03. The van der Waals surface area contributed by atoms with Gasteiger partial charge >= 0.3 is 0 Å². The number of thiazole rings is 1. The van der Waals surface area contributed by atoms with E-state index < -0.39 is 0 Å². The Hall–Kier alpha value is -4.28. The van der Waals surface area contributed by atoms with E-state index in [4.69, 9.17) is 21.4 Å². The fourth-order valence-electron chi connectivity index (χ4n) is 3.01. The van der Waals surface area contributed by atoms with Gasteiger partial charge in [-0.15, -0.1) is 11.3 Å². The predicted octanol–water partition coefficient (Wildman–Crippen LogP) is 5.37. The number of rotatable bonds is 6. The minimum absolute atomic E-state index is 0.169. The van der Waals surface area contributed by atoms with Crippen molar-refractivity contribution in [1.29, 1.82) is 10.7 Å². The summed E-state index contributed by atoms with van der Waals surface area (Å²) >= 11 is 1.62. The molecule has 31 heavy (non-hydrogen) atoms. The van der Waals surface area contributed by atoms with E-state index in [0.29, 0.717) is 5.69 Å². The fraction of sp³-hybridized carbons (Fsp3) is 0. The minimum Gasteiger partial charge on any atom is -0.382 e. The molecule has 0 fully saturated rings. The largest absolute Gasteiger partial charge is 0.382 e. The van der Waals surface area contributed by atoms with Gasteiger partial charge in [-0.2, -0.15) is 10.4 Å². The van der Waals surface area contributed by atoms with Gasteiger partial charge in [0.2, 0.25) is 5.71 Å². The van der Waals surface area contributed by atoms with Gasteiger partial charge in [0, 0.05) is 11.1 Å². The van der Waals surface area contributed by atoms with Gasteiger partial charge in [0.05, 0.1) is 16.3 Å². The molecule has 1 aromatic heterocycles. The Labute approximate surface area is 183 Å². The van der Waals surface area contributed by atoms with Crippen molar-refractivity contribution >= 4 is 28.6 Å². The maximum atomic E-state index is 9.01. The molecule has 0 aliphatic rings. The maximum Gasteiger partial charge on any atom is 0.201 e. The highest BCUT2D eigenvalue weighted by molar-refractivity contribution is 7.19. The molecule has 0 spiro atoms. The molecular formula is C24H18N6S. The Morgan fingerprint density at radius 2 is 1.58 bits per heavy atom. The van der Waals surface area contributed by atoms with E-state index in [1.165, 1.54) is 0 Å². The van der Waals surface area contributed by atoms with E-state index in [9.17, 15) is 0 Å². The van der Waals surface area contributed by atoms with Crippen molar-refractivity contribution in [1.82, 2.24) is 4.98 Å². The molecule has 0 radical (unpaired) electrons. The number of nitrogens with zero attached hydrogens (tertiary/aromatic N) is 3. The summed E-state index contributed by atoms with van der Waals surface area (Å²) in [7, 11) is 0. The molecule has 4 N–H and O–H groups in total. The van der Waals surface area contributed by atoms with Gasteiger partial charge in [-0.05, 0) is 17.7 Å². The third kappa shape index (κ3) is 4.50. The van der Waals surface area contributed by atoms with Crippen LogP contribution in [-0.4, -0.2) is 16.5 Å². The number of nitriles is 1. The molecule has 0 aliphatic carbocycles. The van der Waals surface area contributed by atoms with Crippen molar-refractivity contribution in [2.45, 2.75) is 0 Å². The predicted molar refractivity (Wildman–Crippen MR) is 127 cm³/mol. The summed E-state index contributed by atoms with van der Waals surface area (Å²) in [5.74, 6) is -0.383. The lowest BCUT2D eigenvalue weighted by Crippen LogP contribution is -2.21. The standard InChI is InChI=1S/C24H18N6S/c25-15-20(23(26)27)30-29-19-13-7-12-18(14-19)24-28-21(16-8-3-1-4-9-16)22(31-24)17-10-5-2-6-11-17/h1-14,29H,(H3,26,27)/b30-20+. The summed E-state index contributed by atoms with van der Waals surface area (Å²) in [5, 5.41) is 21.1. The van der Waals surface area contributed by atoms with Crippen molar-refractivity contribution in [2.24, 2.45) is 10.8 Å². The van der Waals surface area contributed by atoms with E-state index in [0.717, 1.165) is 32.3 Å². The van der Waals surface area contributed by atoms with Crippen LogP contribution in [0.2, 0.25) is 0 Å². The summed E-state index contributed by atoms with van der Waals surface area (Å²) in [5.41, 5.74) is 12.7. The van der Waals surface area contributed by atoms with Crippen LogP contribution in [-0.2, 0) is 0 Å². The summed E-state index contributed by atoms with van der Waals surface area (Å²) < 4.78 is 0. The number of amidine groups is 1. The molecule has 0 bridgehead atoms. The number of hydrogen-bond donors (Lipinski definition) is 3. The van der Waals surface area contributed by atoms with Crippen LogP contribution in [0.25, 0.3) is 32.3 Å². The van der Waals surface area contributed by atoms with Gasteiger partial charge in [-0.1, -0.05) is 72.8 Å². The zero-order valence-electron chi connectivity index (χ0n) is 16.4. The normalized spacial score (nSPS) is 11.0. The fourth-order valence-corrected chi connectivity index (χ4v) is 4.10. The first-order valence-corrected chi connectivity index (χ1v) is 10.3. The van der Waals surface area contributed by atoms with Crippen molar-refractivity contribution in [2.75, 3.05) is 5.43 Å². The van der Waals surface area contributed by atoms with Crippen molar-refractivity contribution in [3.05, 3.63) is 84.9 Å². The van der Waals surface area contributed by atoms with E-state index in [-0.39, 0.29) is 11.5 Å². The second-order valence-electron chi connectivity index (χ2n) is 6.61. The molecule has 4 rings (SSSR count). The SMILES string of the molecule is N#C/C(=N\Nc1cccc(-c2nc(-c3ccccc3)c(-c3ccccc3)s2)c1)C(=N)N. The molecule has 0 unspecified atom stereocenters. The molecule has 0 saturated heterocycles. The van der Waals surface area contributed by atoms with Crippen LogP contribution in [0, 0.1) is 16.7 Å². The first-order valence-electron chi connectivity index (χ1n) is 9.46. The topological polar surface area (TPSA) is 111 Å². The van der Waals surface area contributed by atoms with Gasteiger partial charge in [0.25, 0.3) is 0 Å². The number of anilines is 1. The van der Waals surface area contributed by atoms with E-state index in [1.54, 1.807) is 17.4 Å². The van der Waals surface area contributed by atoms with E-state index >= 15 is 0 Å². The summed E-state index contributed by atoms with van der Waals surface area (Å²) in [6, 6.07) is 29.7. The quantitative estimate of drug-likeness (QED) is 0.220. The van der Waals surface area contributed by atoms with Gasteiger partial charge < -0.3 is 5.73 Å². The number of aromatic nitrogens is 1. The Bertz CT molecular complexity index is 1230. The third-order valence-corrected chi connectivity index (χ3v) is 5.63. The van der Waals surface area contributed by atoms with Crippen LogP contribution < -0.4 is 11.2 Å². The number of nitrogens with one attached hydrogen (secondary N) is 2. The summed E-state index contributed by atoms with van der Waals surface area (Å²) in [6.07, 6.45) is 0. The number of nitrogens with two attached hydrogens (primary N) is 1. The molecule has 7 heteroatoms. The van der Waals surface area contributed by atoms with Gasteiger partial charge in [-0.25, -0.2) is 4.98 Å². The Kier molecular flexibility index (Phi) is 5.83. The molecule has 6 nitrogen and oxygen atoms in total. The highest BCUT2D eigenvalue weighted by Gasteiger charge is 2.16. The van der Waals surface area contributed by atoms with Crippen LogP contribution in [0.3, 0.4) is 0 Å². The molecule has 3 aromatic carbocycles. The maximum absolute atomic E-state index is 9.01. The average Bonchev–Trinajstić information content (AvgIpc) is 3.26. The molecule has 0 atom stereocenters. The molecule has 4 aromatic rings. The second kappa shape index (κ2) is 9.03. The Balaban J connectivity index is 1.75. The molecule has 0 aliphatic heterocycles. The smallest absolute Gasteiger partial charge is 0.201 e. The Morgan fingerprint density at radius 1 is 0.935 bits per heavy atom. The molecular weight excluding hydrogens is 404 g/mol. The molecule has 0 amide bonds. The van der Waals surface area contributed by atoms with Gasteiger partial charge in [-0.3, -0.25) is 10.8 Å². The number of hydrogen-bond acceptors (Lipinski definition) is 6. The lowest BCUT2D eigenvalue weighted by atomic mass is 10.1. The highest BCUT2D eigenvalue weighted by Crippen LogP contribution is 2.40. The first-order chi connectivity index (χ1) is 15.2. The minimum atomic E-state index is -0.383. The summed E-state index contributed by atoms with van der Waals surface area (Å²) in [6.45, 7) is 0. The van der Waals surface area contributed by atoms with E-state index in [2.05, 4.69) is 34.8 Å². The van der Waals surface area contributed by atoms with E-state index in [1.807, 2.05) is 60.7 Å². The van der Waals surface area contributed by atoms with Crippen LogP contribution in [0.4, 0.5) is 5.69 Å². The van der Waals surface area contributed by atoms with Gasteiger partial charge in [0.15, 0.2) is 5.84 Å². The average molecular weight is 423 g/mol. The van der Waals surface area contributed by atoms with Crippen molar-refractivity contribution in [3.63, 3.8) is 0 Å². The van der Waals surface area contributed by atoms with Crippen LogP contribution >= 0.6 is 11.3 Å². The lowest BCUT2D eigenvalue weighted by molar-refractivity contribution is 1.33. The number of hydrazone groups is 1. The zero-order valence-corrected chi connectivity index (χ0v) is 17.2. The van der Waals surface area contributed by atoms with Crippen LogP contribution in [0.15, 0.2) is 90.0 Å². The Morgan fingerprint density at radius 3 is 2.23 bits per heavy atom. The van der Waals surface area contributed by atoms with Gasteiger partial charge in [0.1, 0.15) is 11.1 Å². The van der Waals surface area contributed by atoms with Crippen molar-refractivity contribution < 1.29 is 0 Å². The van der Waals surface area contributed by atoms with Crippen molar-refractivity contribution in [3.8, 4) is 38.3 Å². The number of benzene rings is 3. The third-order valence-electron chi connectivity index (χ3n) is 4.48. The monoisotopic (exact) mass is 422 g/mol. The molecule has 150 valence electrons. The van der Waals surface area contributed by atoms with Crippen LogP contribution in [0.1, 0.15) is 0 Å². The molecule has 0 saturated carbocycles. The molecule has 1 heterocycles. The zero-order chi connectivity index (χ0) is 21.6.